The molecule has 116 valence electrons. The molecule has 1 aromatic heterocycles. The highest BCUT2D eigenvalue weighted by atomic mass is 32.2. The lowest BCUT2D eigenvalue weighted by atomic mass is 10.1. The zero-order valence-corrected chi connectivity index (χ0v) is 13.9. The number of thiocarbonyl (C=S) groups is 1. The molecule has 1 aromatic carbocycles. The van der Waals surface area contributed by atoms with E-state index in [0.717, 1.165) is 16.6 Å². The Kier molecular flexibility index (Phi) is 4.20. The summed E-state index contributed by atoms with van der Waals surface area (Å²) < 4.78 is 0.319. The summed E-state index contributed by atoms with van der Waals surface area (Å²) in [6.45, 7) is 0. The molecule has 1 aliphatic rings. The van der Waals surface area contributed by atoms with Crippen molar-refractivity contribution in [3.63, 3.8) is 0 Å². The predicted octanol–water partition coefficient (Wildman–Crippen LogP) is 3.56. The standard InChI is InChI=1S/C15H9NO4S3/c17-11-4-3-8(6-10(11)14(19)20)16-13(18)12(23-15(16)21)7-9-2-1-5-22-9/h1-7,17H,(H,19,20). The third-order valence-corrected chi connectivity index (χ3v) is 5.20. The maximum absolute atomic E-state index is 12.6. The molecule has 3 rings (SSSR count). The maximum Gasteiger partial charge on any atom is 0.339 e. The number of carbonyl (C=O) groups excluding carboxylic acids is 1. The molecule has 1 aliphatic heterocycles. The van der Waals surface area contributed by atoms with Crippen molar-refractivity contribution in [3.05, 3.63) is 51.1 Å². The summed E-state index contributed by atoms with van der Waals surface area (Å²) in [4.78, 5) is 26.3. The number of hydrogen-bond donors (Lipinski definition) is 2. The highest BCUT2D eigenvalue weighted by molar-refractivity contribution is 8.27. The molecule has 0 atom stereocenters. The summed E-state index contributed by atoms with van der Waals surface area (Å²) in [6.07, 6.45) is 1.75. The van der Waals surface area contributed by atoms with E-state index in [9.17, 15) is 14.7 Å². The Morgan fingerprint density at radius 3 is 2.74 bits per heavy atom. The minimum absolute atomic E-state index is 0.279. The van der Waals surface area contributed by atoms with Crippen LogP contribution in [0.1, 0.15) is 15.2 Å². The molecular formula is C15H9NO4S3. The molecule has 0 spiro atoms. The van der Waals surface area contributed by atoms with Crippen molar-refractivity contribution < 1.29 is 19.8 Å². The third kappa shape index (κ3) is 3.00. The van der Waals surface area contributed by atoms with Crippen molar-refractivity contribution in [1.29, 1.82) is 0 Å². The quantitative estimate of drug-likeness (QED) is 0.641. The number of carboxylic acid groups (broad SMARTS) is 1. The average molecular weight is 363 g/mol. The summed E-state index contributed by atoms with van der Waals surface area (Å²) in [7, 11) is 0. The van der Waals surface area contributed by atoms with Crippen LogP contribution in [0.2, 0.25) is 0 Å². The second-order valence-corrected chi connectivity index (χ2v) is 7.19. The van der Waals surface area contributed by atoms with Crippen molar-refractivity contribution >= 4 is 63.3 Å². The van der Waals surface area contributed by atoms with Crippen molar-refractivity contribution in [3.8, 4) is 5.75 Å². The number of thioether (sulfide) groups is 1. The number of thiophene rings is 1. The Bertz CT molecular complexity index is 842. The van der Waals surface area contributed by atoms with Crippen LogP contribution in [0.4, 0.5) is 5.69 Å². The number of nitrogens with zero attached hydrogens (tertiary/aromatic N) is 1. The second kappa shape index (κ2) is 6.15. The number of amides is 1. The normalized spacial score (nSPS) is 16.3. The van der Waals surface area contributed by atoms with Crippen LogP contribution >= 0.6 is 35.3 Å². The number of anilines is 1. The lowest BCUT2D eigenvalue weighted by Crippen LogP contribution is -2.27. The molecule has 2 aromatic rings. The first-order valence-electron chi connectivity index (χ1n) is 6.35. The van der Waals surface area contributed by atoms with Gasteiger partial charge in [0.15, 0.2) is 4.32 Å². The molecule has 1 fully saturated rings. The number of benzene rings is 1. The van der Waals surface area contributed by atoms with E-state index < -0.39 is 5.97 Å². The molecule has 23 heavy (non-hydrogen) atoms. The van der Waals surface area contributed by atoms with Gasteiger partial charge >= 0.3 is 5.97 Å². The van der Waals surface area contributed by atoms with E-state index in [2.05, 4.69) is 0 Å². The molecule has 5 nitrogen and oxygen atoms in total. The number of carbonyl (C=O) groups is 2. The van der Waals surface area contributed by atoms with E-state index in [1.165, 1.54) is 34.4 Å². The highest BCUT2D eigenvalue weighted by Crippen LogP contribution is 2.37. The highest BCUT2D eigenvalue weighted by Gasteiger charge is 2.34. The van der Waals surface area contributed by atoms with Gasteiger partial charge in [-0.1, -0.05) is 30.0 Å². The Labute approximate surface area is 144 Å². The number of carboxylic acids is 1. The number of phenols is 1. The van der Waals surface area contributed by atoms with Crippen LogP contribution in [0, 0.1) is 0 Å². The van der Waals surface area contributed by atoms with Gasteiger partial charge in [0.1, 0.15) is 11.3 Å². The summed E-state index contributed by atoms with van der Waals surface area (Å²) >= 11 is 7.90. The van der Waals surface area contributed by atoms with Gasteiger partial charge in [0.05, 0.1) is 10.6 Å². The van der Waals surface area contributed by atoms with Gasteiger partial charge in [-0.25, -0.2) is 4.79 Å². The third-order valence-electron chi connectivity index (χ3n) is 3.08. The Morgan fingerprint density at radius 1 is 1.30 bits per heavy atom. The molecule has 2 heterocycles. The molecular weight excluding hydrogens is 354 g/mol. The summed E-state index contributed by atoms with van der Waals surface area (Å²) in [6, 6.07) is 7.70. The van der Waals surface area contributed by atoms with Crippen LogP contribution in [0.5, 0.6) is 5.75 Å². The van der Waals surface area contributed by atoms with E-state index >= 15 is 0 Å². The van der Waals surface area contributed by atoms with Crippen LogP contribution in [0.25, 0.3) is 6.08 Å². The van der Waals surface area contributed by atoms with E-state index in [4.69, 9.17) is 17.3 Å². The topological polar surface area (TPSA) is 77.8 Å². The van der Waals surface area contributed by atoms with Crippen LogP contribution in [0.3, 0.4) is 0 Å². The second-order valence-electron chi connectivity index (χ2n) is 4.54. The molecule has 0 saturated carbocycles. The fourth-order valence-electron chi connectivity index (χ4n) is 2.03. The first-order chi connectivity index (χ1) is 11.0. The van der Waals surface area contributed by atoms with Gasteiger partial charge in [-0.3, -0.25) is 9.69 Å². The SMILES string of the molecule is O=C(O)c1cc(N2C(=O)C(=Cc3cccs3)SC2=S)ccc1O. The molecule has 0 aliphatic carbocycles. The Morgan fingerprint density at radius 2 is 2.09 bits per heavy atom. The first kappa shape index (κ1) is 15.7. The average Bonchev–Trinajstić information content (AvgIpc) is 3.09. The molecule has 0 bridgehead atoms. The fourth-order valence-corrected chi connectivity index (χ4v) is 4.05. The predicted molar refractivity (Wildman–Crippen MR) is 95.0 cm³/mol. The van der Waals surface area contributed by atoms with Crippen molar-refractivity contribution in [2.45, 2.75) is 0 Å². The maximum atomic E-state index is 12.6. The summed E-state index contributed by atoms with van der Waals surface area (Å²) in [5.41, 5.74) is 0.0380. The van der Waals surface area contributed by atoms with Gasteiger partial charge in [-0.05, 0) is 35.7 Å². The molecule has 2 N–H and O–H groups in total. The van der Waals surface area contributed by atoms with Gasteiger partial charge in [0.25, 0.3) is 5.91 Å². The van der Waals surface area contributed by atoms with Crippen molar-refractivity contribution in [2.75, 3.05) is 4.90 Å². The van der Waals surface area contributed by atoms with Crippen LogP contribution in [-0.2, 0) is 4.79 Å². The van der Waals surface area contributed by atoms with Crippen LogP contribution < -0.4 is 4.90 Å². The first-order valence-corrected chi connectivity index (χ1v) is 8.45. The van der Waals surface area contributed by atoms with Gasteiger partial charge in [0, 0.05) is 4.88 Å². The minimum atomic E-state index is -1.27. The van der Waals surface area contributed by atoms with Gasteiger partial charge in [-0.15, -0.1) is 11.3 Å². The minimum Gasteiger partial charge on any atom is -0.507 e. The lowest BCUT2D eigenvalue weighted by Gasteiger charge is -2.15. The van der Waals surface area contributed by atoms with Crippen LogP contribution in [-0.4, -0.2) is 26.4 Å². The molecule has 0 radical (unpaired) electrons. The zero-order chi connectivity index (χ0) is 16.6. The van der Waals surface area contributed by atoms with Gasteiger partial charge in [0.2, 0.25) is 0 Å². The van der Waals surface area contributed by atoms with E-state index in [-0.39, 0.29) is 17.2 Å². The fraction of sp³-hybridized carbons (Fsp3) is 0. The lowest BCUT2D eigenvalue weighted by molar-refractivity contribution is -0.113. The molecule has 8 heteroatoms. The molecule has 1 amide bonds. The molecule has 0 unspecified atom stereocenters. The number of aromatic hydroxyl groups is 1. The van der Waals surface area contributed by atoms with Gasteiger partial charge in [-0.2, -0.15) is 0 Å². The number of rotatable bonds is 3. The Balaban J connectivity index is 1.98. The van der Waals surface area contributed by atoms with Gasteiger partial charge < -0.3 is 10.2 Å². The van der Waals surface area contributed by atoms with Crippen LogP contribution in [0.15, 0.2) is 40.6 Å². The number of aromatic carboxylic acids is 1. The zero-order valence-electron chi connectivity index (χ0n) is 11.4. The van der Waals surface area contributed by atoms with E-state index in [0.29, 0.717) is 14.9 Å². The van der Waals surface area contributed by atoms with Crippen molar-refractivity contribution in [2.24, 2.45) is 0 Å². The van der Waals surface area contributed by atoms with E-state index in [1.807, 2.05) is 17.5 Å². The smallest absolute Gasteiger partial charge is 0.339 e. The monoisotopic (exact) mass is 363 g/mol. The van der Waals surface area contributed by atoms with E-state index in [1.54, 1.807) is 6.08 Å². The largest absolute Gasteiger partial charge is 0.507 e. The van der Waals surface area contributed by atoms with Crippen molar-refractivity contribution in [1.82, 2.24) is 0 Å². The summed E-state index contributed by atoms with van der Waals surface area (Å²) in [5.74, 6) is -1.94. The Hall–Kier alpha value is -2.16. The number of hydrogen-bond acceptors (Lipinski definition) is 6. The summed E-state index contributed by atoms with van der Waals surface area (Å²) in [5, 5.41) is 20.6. The molecule has 1 saturated heterocycles.